The van der Waals surface area contributed by atoms with Gasteiger partial charge in [0, 0.05) is 47.5 Å². The summed E-state index contributed by atoms with van der Waals surface area (Å²) in [7, 11) is 0. The van der Waals surface area contributed by atoms with Gasteiger partial charge in [-0.25, -0.2) is 9.78 Å². The number of para-hydroxylation sites is 1. The van der Waals surface area contributed by atoms with Gasteiger partial charge >= 0.3 is 6.09 Å². The van der Waals surface area contributed by atoms with Gasteiger partial charge in [-0.15, -0.1) is 0 Å². The van der Waals surface area contributed by atoms with E-state index in [9.17, 15) is 9.59 Å². The number of nitrogens with zero attached hydrogens (tertiary/aromatic N) is 3. The summed E-state index contributed by atoms with van der Waals surface area (Å²) in [6.07, 6.45) is 2.32. The quantitative estimate of drug-likeness (QED) is 0.473. The Morgan fingerprint density at radius 3 is 2.87 bits per heavy atom. The highest BCUT2D eigenvalue weighted by molar-refractivity contribution is 5.95. The SMILES string of the molecule is Cc1c(-c2cc3ccccc3[nH]2)nc2cc(C(=O)N3CCC[C@@H](NC(=O)O)C3)ccn12. The topological polar surface area (TPSA) is 103 Å². The van der Waals surface area contributed by atoms with Crippen molar-refractivity contribution in [1.29, 1.82) is 0 Å². The summed E-state index contributed by atoms with van der Waals surface area (Å²) in [6, 6.07) is 13.5. The van der Waals surface area contributed by atoms with Crippen LogP contribution in [0.5, 0.6) is 0 Å². The maximum Gasteiger partial charge on any atom is 0.404 e. The number of H-pyrrole nitrogens is 1. The molecule has 0 saturated carbocycles. The molecule has 31 heavy (non-hydrogen) atoms. The van der Waals surface area contributed by atoms with E-state index in [1.807, 2.05) is 35.7 Å². The zero-order valence-electron chi connectivity index (χ0n) is 17.1. The van der Waals surface area contributed by atoms with E-state index in [1.54, 1.807) is 17.0 Å². The Kier molecular flexibility index (Phi) is 4.62. The lowest BCUT2D eigenvalue weighted by molar-refractivity contribution is 0.0692. The predicted octanol–water partition coefficient (Wildman–Crippen LogP) is 3.66. The summed E-state index contributed by atoms with van der Waals surface area (Å²) >= 11 is 0. The molecule has 4 heterocycles. The molecule has 0 spiro atoms. The van der Waals surface area contributed by atoms with E-state index in [2.05, 4.69) is 22.4 Å². The molecule has 4 aromatic rings. The molecule has 0 aliphatic carbocycles. The van der Waals surface area contributed by atoms with Crippen molar-refractivity contribution >= 4 is 28.6 Å². The Morgan fingerprint density at radius 1 is 1.23 bits per heavy atom. The third-order valence-corrected chi connectivity index (χ3v) is 5.93. The number of aromatic amines is 1. The second kappa shape index (κ2) is 7.46. The summed E-state index contributed by atoms with van der Waals surface area (Å²) in [5.41, 5.74) is 5.09. The molecule has 1 aromatic carbocycles. The van der Waals surface area contributed by atoms with Gasteiger partial charge in [-0.3, -0.25) is 4.79 Å². The van der Waals surface area contributed by atoms with Crippen molar-refractivity contribution in [3.63, 3.8) is 0 Å². The number of hydrogen-bond donors (Lipinski definition) is 3. The summed E-state index contributed by atoms with van der Waals surface area (Å²) in [5.74, 6) is -0.104. The number of hydrogen-bond acceptors (Lipinski definition) is 3. The number of fused-ring (bicyclic) bond motifs is 2. The van der Waals surface area contributed by atoms with Gasteiger partial charge in [0.05, 0.1) is 5.69 Å². The number of piperidine rings is 1. The van der Waals surface area contributed by atoms with Crippen molar-refractivity contribution < 1.29 is 14.7 Å². The second-order valence-electron chi connectivity index (χ2n) is 8.00. The average molecular weight is 417 g/mol. The number of amides is 2. The summed E-state index contributed by atoms with van der Waals surface area (Å²) in [4.78, 5) is 33.9. The Labute approximate surface area is 178 Å². The van der Waals surface area contributed by atoms with Gasteiger partial charge < -0.3 is 24.7 Å². The number of carbonyl (C=O) groups is 2. The molecular weight excluding hydrogens is 394 g/mol. The van der Waals surface area contributed by atoms with Crippen LogP contribution in [0, 0.1) is 6.92 Å². The number of carbonyl (C=O) groups excluding carboxylic acids is 1. The van der Waals surface area contributed by atoms with Crippen LogP contribution in [-0.4, -0.2) is 55.5 Å². The fraction of sp³-hybridized carbons (Fsp3) is 0.261. The van der Waals surface area contributed by atoms with E-state index < -0.39 is 6.09 Å². The van der Waals surface area contributed by atoms with Gasteiger partial charge in [0.25, 0.3) is 5.91 Å². The fourth-order valence-corrected chi connectivity index (χ4v) is 4.39. The maximum atomic E-state index is 13.1. The van der Waals surface area contributed by atoms with Gasteiger partial charge in [0.1, 0.15) is 11.3 Å². The number of imidazole rings is 1. The minimum absolute atomic E-state index is 0.104. The Balaban J connectivity index is 1.45. The summed E-state index contributed by atoms with van der Waals surface area (Å²) in [6.45, 7) is 3.01. The van der Waals surface area contributed by atoms with Crippen LogP contribution in [0.15, 0.2) is 48.7 Å². The first-order chi connectivity index (χ1) is 15.0. The molecule has 3 N–H and O–H groups in total. The number of likely N-dealkylation sites (tertiary alicyclic amines) is 1. The summed E-state index contributed by atoms with van der Waals surface area (Å²) in [5, 5.41) is 12.6. The molecule has 1 aliphatic heterocycles. The highest BCUT2D eigenvalue weighted by Gasteiger charge is 2.26. The van der Waals surface area contributed by atoms with Gasteiger partial charge in [-0.1, -0.05) is 18.2 Å². The van der Waals surface area contributed by atoms with Crippen LogP contribution in [0.1, 0.15) is 28.9 Å². The number of carboxylic acid groups (broad SMARTS) is 1. The average Bonchev–Trinajstić information content (AvgIpc) is 3.33. The molecule has 8 nitrogen and oxygen atoms in total. The smallest absolute Gasteiger partial charge is 0.404 e. The molecule has 0 unspecified atom stereocenters. The molecule has 1 atom stereocenters. The van der Waals surface area contributed by atoms with Crippen LogP contribution < -0.4 is 5.32 Å². The van der Waals surface area contributed by atoms with E-state index in [0.717, 1.165) is 40.8 Å². The molecule has 158 valence electrons. The number of aromatic nitrogens is 3. The Bertz CT molecular complexity index is 1270. The van der Waals surface area contributed by atoms with Crippen molar-refractivity contribution in [2.24, 2.45) is 0 Å². The Morgan fingerprint density at radius 2 is 2.06 bits per heavy atom. The highest BCUT2D eigenvalue weighted by Crippen LogP contribution is 2.27. The molecular formula is C23H23N5O3. The van der Waals surface area contributed by atoms with Crippen LogP contribution in [0.2, 0.25) is 0 Å². The van der Waals surface area contributed by atoms with Crippen LogP contribution in [0.3, 0.4) is 0 Å². The zero-order valence-corrected chi connectivity index (χ0v) is 17.1. The third kappa shape index (κ3) is 3.50. The lowest BCUT2D eigenvalue weighted by Crippen LogP contribution is -2.49. The van der Waals surface area contributed by atoms with Crippen molar-refractivity contribution in [3.8, 4) is 11.4 Å². The lowest BCUT2D eigenvalue weighted by atomic mass is 10.0. The first kappa shape index (κ1) is 19.2. The van der Waals surface area contributed by atoms with Crippen molar-refractivity contribution in [2.45, 2.75) is 25.8 Å². The lowest BCUT2D eigenvalue weighted by Gasteiger charge is -2.32. The van der Waals surface area contributed by atoms with Crippen LogP contribution >= 0.6 is 0 Å². The number of pyridine rings is 1. The Hall–Kier alpha value is -3.81. The third-order valence-electron chi connectivity index (χ3n) is 5.93. The first-order valence-electron chi connectivity index (χ1n) is 10.3. The van der Waals surface area contributed by atoms with Crippen molar-refractivity contribution in [1.82, 2.24) is 24.6 Å². The molecule has 2 amide bonds. The number of benzene rings is 1. The molecule has 5 rings (SSSR count). The van der Waals surface area contributed by atoms with Gasteiger partial charge in [0.2, 0.25) is 0 Å². The van der Waals surface area contributed by atoms with Crippen LogP contribution in [-0.2, 0) is 0 Å². The molecule has 0 bridgehead atoms. The minimum Gasteiger partial charge on any atom is -0.465 e. The van der Waals surface area contributed by atoms with Gasteiger partial charge in [-0.2, -0.15) is 0 Å². The monoisotopic (exact) mass is 417 g/mol. The van der Waals surface area contributed by atoms with Crippen molar-refractivity contribution in [3.05, 3.63) is 59.9 Å². The normalized spacial score (nSPS) is 16.7. The van der Waals surface area contributed by atoms with E-state index in [-0.39, 0.29) is 11.9 Å². The van der Waals surface area contributed by atoms with Gasteiger partial charge in [-0.05, 0) is 44.0 Å². The molecule has 1 fully saturated rings. The van der Waals surface area contributed by atoms with E-state index in [1.165, 1.54) is 0 Å². The molecule has 3 aromatic heterocycles. The second-order valence-corrected chi connectivity index (χ2v) is 8.00. The van der Waals surface area contributed by atoms with Crippen LogP contribution in [0.25, 0.3) is 27.9 Å². The molecule has 1 saturated heterocycles. The van der Waals surface area contributed by atoms with E-state index >= 15 is 0 Å². The van der Waals surface area contributed by atoms with Crippen molar-refractivity contribution in [2.75, 3.05) is 13.1 Å². The first-order valence-corrected chi connectivity index (χ1v) is 10.3. The largest absolute Gasteiger partial charge is 0.465 e. The summed E-state index contributed by atoms with van der Waals surface area (Å²) < 4.78 is 1.97. The molecule has 0 radical (unpaired) electrons. The number of aryl methyl sites for hydroxylation is 1. The predicted molar refractivity (Wildman–Crippen MR) is 117 cm³/mol. The highest BCUT2D eigenvalue weighted by atomic mass is 16.4. The van der Waals surface area contributed by atoms with Gasteiger partial charge in [0.15, 0.2) is 0 Å². The van der Waals surface area contributed by atoms with Crippen LogP contribution in [0.4, 0.5) is 4.79 Å². The van der Waals surface area contributed by atoms with E-state index in [4.69, 9.17) is 10.1 Å². The zero-order chi connectivity index (χ0) is 21.5. The number of nitrogens with one attached hydrogen (secondary N) is 2. The fourth-order valence-electron chi connectivity index (χ4n) is 4.39. The minimum atomic E-state index is -1.06. The van der Waals surface area contributed by atoms with E-state index in [0.29, 0.717) is 24.3 Å². The number of rotatable bonds is 3. The maximum absolute atomic E-state index is 13.1. The molecule has 8 heteroatoms. The molecule has 1 aliphatic rings. The standard InChI is InChI=1S/C23H23N5O3/c1-14-21(19-11-15-5-2-3-7-18(15)25-19)26-20-12-16(8-10-28(14)20)22(29)27-9-4-6-17(13-27)24-23(30)31/h2-3,5,7-8,10-12,17,24-25H,4,6,9,13H2,1H3,(H,30,31)/t17-/m1/s1.